The molecule has 0 saturated carbocycles. The van der Waals surface area contributed by atoms with Crippen LogP contribution in [0.2, 0.25) is 0 Å². The maximum absolute atomic E-state index is 12.6. The van der Waals surface area contributed by atoms with Crippen LogP contribution in [0.3, 0.4) is 0 Å². The zero-order valence-electron chi connectivity index (χ0n) is 16.4. The fourth-order valence-electron chi connectivity index (χ4n) is 2.84. The van der Waals surface area contributed by atoms with Crippen LogP contribution >= 0.6 is 0 Å². The summed E-state index contributed by atoms with van der Waals surface area (Å²) in [6, 6.07) is 16.6. The van der Waals surface area contributed by atoms with E-state index in [1.807, 2.05) is 50.2 Å². The Kier molecular flexibility index (Phi) is 6.58. The van der Waals surface area contributed by atoms with Gasteiger partial charge in [0.05, 0.1) is 23.4 Å². The van der Waals surface area contributed by atoms with Gasteiger partial charge in [-0.15, -0.1) is 0 Å². The van der Waals surface area contributed by atoms with Crippen LogP contribution in [0.1, 0.15) is 38.8 Å². The monoisotopic (exact) mass is 389 g/mol. The maximum atomic E-state index is 12.6. The van der Waals surface area contributed by atoms with E-state index in [9.17, 15) is 9.59 Å². The van der Waals surface area contributed by atoms with E-state index < -0.39 is 0 Å². The van der Waals surface area contributed by atoms with Crippen molar-refractivity contribution in [3.8, 4) is 5.75 Å². The Labute approximate surface area is 169 Å². The molecule has 2 aromatic carbocycles. The van der Waals surface area contributed by atoms with Crippen molar-refractivity contribution in [1.82, 2.24) is 10.3 Å². The highest BCUT2D eigenvalue weighted by atomic mass is 16.5. The summed E-state index contributed by atoms with van der Waals surface area (Å²) in [4.78, 5) is 29.1. The van der Waals surface area contributed by atoms with E-state index in [2.05, 4.69) is 15.6 Å². The van der Waals surface area contributed by atoms with E-state index in [1.165, 1.54) is 18.5 Å². The molecule has 0 aliphatic heterocycles. The van der Waals surface area contributed by atoms with E-state index in [0.29, 0.717) is 35.7 Å². The second kappa shape index (κ2) is 9.50. The van der Waals surface area contributed by atoms with Gasteiger partial charge in [-0.25, -0.2) is 0 Å². The van der Waals surface area contributed by atoms with Crippen molar-refractivity contribution < 1.29 is 14.3 Å². The van der Waals surface area contributed by atoms with Crippen molar-refractivity contribution in [3.63, 3.8) is 0 Å². The summed E-state index contributed by atoms with van der Waals surface area (Å²) in [7, 11) is 0. The number of aryl methyl sites for hydroxylation is 1. The predicted molar refractivity (Wildman–Crippen MR) is 112 cm³/mol. The molecular weight excluding hydrogens is 366 g/mol. The normalized spacial score (nSPS) is 10.3. The van der Waals surface area contributed by atoms with Crippen molar-refractivity contribution in [2.24, 2.45) is 0 Å². The summed E-state index contributed by atoms with van der Waals surface area (Å²) in [6.45, 7) is 4.77. The number of aromatic nitrogens is 1. The van der Waals surface area contributed by atoms with E-state index in [0.717, 1.165) is 11.1 Å². The molecule has 3 aromatic rings. The van der Waals surface area contributed by atoms with Gasteiger partial charge in [0.1, 0.15) is 5.75 Å². The number of hydrogen-bond donors (Lipinski definition) is 2. The molecule has 2 amide bonds. The van der Waals surface area contributed by atoms with Gasteiger partial charge in [-0.3, -0.25) is 14.6 Å². The van der Waals surface area contributed by atoms with E-state index in [4.69, 9.17) is 4.74 Å². The Balaban J connectivity index is 1.68. The molecule has 148 valence electrons. The first kappa shape index (κ1) is 20.1. The summed E-state index contributed by atoms with van der Waals surface area (Å²) < 4.78 is 5.52. The third kappa shape index (κ3) is 5.42. The number of nitrogens with zero attached hydrogens (tertiary/aromatic N) is 1. The second-order valence-electron chi connectivity index (χ2n) is 6.52. The molecule has 29 heavy (non-hydrogen) atoms. The average molecular weight is 389 g/mol. The number of anilines is 1. The van der Waals surface area contributed by atoms with Gasteiger partial charge in [0.2, 0.25) is 0 Å². The highest BCUT2D eigenvalue weighted by molar-refractivity contribution is 6.06. The molecule has 6 nitrogen and oxygen atoms in total. The van der Waals surface area contributed by atoms with Crippen molar-refractivity contribution >= 4 is 17.5 Å². The van der Waals surface area contributed by atoms with E-state index in [-0.39, 0.29) is 11.8 Å². The Hall–Kier alpha value is -3.67. The van der Waals surface area contributed by atoms with Crippen molar-refractivity contribution in [2.45, 2.75) is 20.4 Å². The molecular formula is C23H23N3O3. The fourth-order valence-corrected chi connectivity index (χ4v) is 2.84. The molecule has 2 N–H and O–H groups in total. The zero-order chi connectivity index (χ0) is 20.6. The highest BCUT2D eigenvalue weighted by Crippen LogP contribution is 2.24. The minimum Gasteiger partial charge on any atom is -0.492 e. The summed E-state index contributed by atoms with van der Waals surface area (Å²) in [6.07, 6.45) is 2.87. The molecule has 0 atom stereocenters. The molecule has 1 aromatic heterocycles. The minimum absolute atomic E-state index is 0.289. The van der Waals surface area contributed by atoms with Gasteiger partial charge in [0.15, 0.2) is 0 Å². The SMILES string of the molecule is CCOc1ccccc1NC(=O)c1cncc(C(=O)NCc2cccc(C)c2)c1. The van der Waals surface area contributed by atoms with Crippen LogP contribution in [0.5, 0.6) is 5.75 Å². The summed E-state index contributed by atoms with van der Waals surface area (Å²) >= 11 is 0. The van der Waals surface area contributed by atoms with Gasteiger partial charge in [0, 0.05) is 18.9 Å². The number of pyridine rings is 1. The Bertz CT molecular complexity index is 1020. The van der Waals surface area contributed by atoms with Crippen molar-refractivity contribution in [2.75, 3.05) is 11.9 Å². The van der Waals surface area contributed by atoms with Gasteiger partial charge < -0.3 is 15.4 Å². The molecule has 0 spiro atoms. The standard InChI is InChI=1S/C23H23N3O3/c1-3-29-21-10-5-4-9-20(21)26-23(28)19-12-18(14-24-15-19)22(27)25-13-17-8-6-7-16(2)11-17/h4-12,14-15H,3,13H2,1-2H3,(H,25,27)(H,26,28). The van der Waals surface area contributed by atoms with Crippen LogP contribution < -0.4 is 15.4 Å². The third-order valence-corrected chi connectivity index (χ3v) is 4.23. The Morgan fingerprint density at radius 3 is 2.48 bits per heavy atom. The first-order valence-corrected chi connectivity index (χ1v) is 9.39. The molecule has 0 aliphatic carbocycles. The van der Waals surface area contributed by atoms with Gasteiger partial charge in [-0.2, -0.15) is 0 Å². The summed E-state index contributed by atoms with van der Waals surface area (Å²) in [5.74, 6) is -0.0651. The number of benzene rings is 2. The zero-order valence-corrected chi connectivity index (χ0v) is 16.4. The molecule has 0 fully saturated rings. The van der Waals surface area contributed by atoms with Crippen molar-refractivity contribution in [1.29, 1.82) is 0 Å². The number of rotatable bonds is 7. The summed E-state index contributed by atoms with van der Waals surface area (Å²) in [5, 5.41) is 5.66. The number of ether oxygens (including phenoxy) is 1. The lowest BCUT2D eigenvalue weighted by molar-refractivity contribution is 0.0950. The molecule has 0 bridgehead atoms. The number of para-hydroxylation sites is 2. The minimum atomic E-state index is -0.363. The Morgan fingerprint density at radius 1 is 0.966 bits per heavy atom. The Morgan fingerprint density at radius 2 is 1.72 bits per heavy atom. The fraction of sp³-hybridized carbons (Fsp3) is 0.174. The van der Waals surface area contributed by atoms with Crippen molar-refractivity contribution in [3.05, 3.63) is 89.2 Å². The number of amides is 2. The van der Waals surface area contributed by atoms with Crippen LogP contribution in [0.4, 0.5) is 5.69 Å². The van der Waals surface area contributed by atoms with Crippen LogP contribution in [0.15, 0.2) is 67.0 Å². The lowest BCUT2D eigenvalue weighted by Gasteiger charge is -2.11. The average Bonchev–Trinajstić information content (AvgIpc) is 2.74. The molecule has 0 aliphatic rings. The van der Waals surface area contributed by atoms with Gasteiger partial charge in [-0.1, -0.05) is 42.0 Å². The predicted octanol–water partition coefficient (Wildman–Crippen LogP) is 3.97. The molecule has 0 unspecified atom stereocenters. The maximum Gasteiger partial charge on any atom is 0.257 e. The first-order valence-electron chi connectivity index (χ1n) is 9.39. The summed E-state index contributed by atoms with van der Waals surface area (Å²) in [5.41, 5.74) is 3.31. The van der Waals surface area contributed by atoms with E-state index >= 15 is 0 Å². The molecule has 0 radical (unpaired) electrons. The van der Waals surface area contributed by atoms with Gasteiger partial charge in [0.25, 0.3) is 11.8 Å². The van der Waals surface area contributed by atoms with E-state index in [1.54, 1.807) is 12.1 Å². The number of carbonyl (C=O) groups is 2. The quantitative estimate of drug-likeness (QED) is 0.641. The van der Waals surface area contributed by atoms with Gasteiger partial charge >= 0.3 is 0 Å². The topological polar surface area (TPSA) is 80.3 Å². The smallest absolute Gasteiger partial charge is 0.257 e. The molecule has 1 heterocycles. The third-order valence-electron chi connectivity index (χ3n) is 4.23. The lowest BCUT2D eigenvalue weighted by Crippen LogP contribution is -2.23. The van der Waals surface area contributed by atoms with Crippen LogP contribution in [-0.4, -0.2) is 23.4 Å². The molecule has 6 heteroatoms. The molecule has 0 saturated heterocycles. The highest BCUT2D eigenvalue weighted by Gasteiger charge is 2.13. The molecule has 3 rings (SSSR count). The van der Waals surface area contributed by atoms with Gasteiger partial charge in [-0.05, 0) is 37.6 Å². The van der Waals surface area contributed by atoms with Crippen LogP contribution in [-0.2, 0) is 6.54 Å². The lowest BCUT2D eigenvalue weighted by atomic mass is 10.1. The number of carbonyl (C=O) groups excluding carboxylic acids is 2. The second-order valence-corrected chi connectivity index (χ2v) is 6.52. The van der Waals surface area contributed by atoms with Crippen LogP contribution in [0.25, 0.3) is 0 Å². The number of nitrogens with one attached hydrogen (secondary N) is 2. The first-order chi connectivity index (χ1) is 14.1. The number of hydrogen-bond acceptors (Lipinski definition) is 4. The largest absolute Gasteiger partial charge is 0.492 e. The van der Waals surface area contributed by atoms with Crippen LogP contribution in [0, 0.1) is 6.92 Å².